The third kappa shape index (κ3) is 2.65. The highest BCUT2D eigenvalue weighted by Crippen LogP contribution is 2.42. The van der Waals surface area contributed by atoms with Gasteiger partial charge < -0.3 is 10.1 Å². The third-order valence-corrected chi connectivity index (χ3v) is 4.85. The highest BCUT2D eigenvalue weighted by molar-refractivity contribution is 9.09. The molecule has 3 rings (SSSR count). The summed E-state index contributed by atoms with van der Waals surface area (Å²) >= 11 is 10.1. The topological polar surface area (TPSA) is 38.3 Å². The maximum Gasteiger partial charge on any atom is 0.228 e. The molecule has 0 aliphatic carbocycles. The molecule has 21 heavy (non-hydrogen) atoms. The summed E-state index contributed by atoms with van der Waals surface area (Å²) in [5.41, 5.74) is 3.70. The fraction of sp³-hybridized carbons (Fsp3) is 0.188. The van der Waals surface area contributed by atoms with E-state index < -0.39 is 0 Å². The SMILES string of the molecule is COc1ccccc1C(Br)c1cc2c(cc1Cl)NC(=O)C2. The molecule has 1 heterocycles. The van der Waals surface area contributed by atoms with Crippen LogP contribution < -0.4 is 10.1 Å². The maximum atomic E-state index is 11.5. The van der Waals surface area contributed by atoms with Crippen molar-refractivity contribution in [3.05, 3.63) is 58.1 Å². The van der Waals surface area contributed by atoms with Gasteiger partial charge in [-0.15, -0.1) is 0 Å². The molecule has 1 N–H and O–H groups in total. The smallest absolute Gasteiger partial charge is 0.228 e. The lowest BCUT2D eigenvalue weighted by Crippen LogP contribution is -2.03. The zero-order valence-electron chi connectivity index (χ0n) is 11.3. The third-order valence-electron chi connectivity index (χ3n) is 3.53. The molecule has 0 saturated heterocycles. The van der Waals surface area contributed by atoms with Gasteiger partial charge in [-0.1, -0.05) is 51.8 Å². The summed E-state index contributed by atoms with van der Waals surface area (Å²) in [4.78, 5) is 11.4. The van der Waals surface area contributed by atoms with Crippen molar-refractivity contribution in [1.29, 1.82) is 0 Å². The van der Waals surface area contributed by atoms with Crippen LogP contribution in [0.1, 0.15) is 21.5 Å². The molecule has 1 amide bonds. The molecule has 1 aliphatic rings. The predicted molar refractivity (Wildman–Crippen MR) is 87.5 cm³/mol. The van der Waals surface area contributed by atoms with E-state index in [0.717, 1.165) is 28.1 Å². The van der Waals surface area contributed by atoms with Gasteiger partial charge in [0.15, 0.2) is 0 Å². The molecule has 0 radical (unpaired) electrons. The molecule has 0 bridgehead atoms. The minimum atomic E-state index is -0.0952. The van der Waals surface area contributed by atoms with Gasteiger partial charge in [0.1, 0.15) is 5.75 Å². The van der Waals surface area contributed by atoms with E-state index in [1.165, 1.54) is 0 Å². The summed E-state index contributed by atoms with van der Waals surface area (Å²) in [5, 5.41) is 3.42. The van der Waals surface area contributed by atoms with Crippen LogP contribution in [0.3, 0.4) is 0 Å². The van der Waals surface area contributed by atoms with Crippen LogP contribution in [-0.2, 0) is 11.2 Å². The molecule has 0 saturated carbocycles. The van der Waals surface area contributed by atoms with E-state index >= 15 is 0 Å². The standard InChI is InChI=1S/C16H13BrClNO2/c1-21-14-5-3-2-4-10(14)16(17)11-6-9-7-15(20)19-13(9)8-12(11)18/h2-6,8,16H,7H2,1H3,(H,19,20). The van der Waals surface area contributed by atoms with Crippen molar-refractivity contribution in [2.75, 3.05) is 12.4 Å². The zero-order chi connectivity index (χ0) is 15.0. The Bertz CT molecular complexity index is 717. The molecule has 0 aromatic heterocycles. The minimum Gasteiger partial charge on any atom is -0.496 e. The number of amides is 1. The van der Waals surface area contributed by atoms with Crippen LogP contribution in [0.2, 0.25) is 5.02 Å². The molecule has 1 atom stereocenters. The number of benzene rings is 2. The lowest BCUT2D eigenvalue weighted by molar-refractivity contribution is -0.115. The summed E-state index contributed by atoms with van der Waals surface area (Å²) in [7, 11) is 1.64. The fourth-order valence-corrected chi connectivity index (χ4v) is 3.67. The van der Waals surface area contributed by atoms with E-state index in [-0.39, 0.29) is 10.7 Å². The minimum absolute atomic E-state index is 0.00151. The van der Waals surface area contributed by atoms with Crippen molar-refractivity contribution < 1.29 is 9.53 Å². The maximum absolute atomic E-state index is 11.5. The number of alkyl halides is 1. The summed E-state index contributed by atoms with van der Waals surface area (Å²) in [6.45, 7) is 0. The van der Waals surface area contributed by atoms with Crippen LogP contribution in [0.25, 0.3) is 0 Å². The van der Waals surface area contributed by atoms with Crippen LogP contribution in [0, 0.1) is 0 Å². The van der Waals surface area contributed by atoms with Crippen LogP contribution in [0.15, 0.2) is 36.4 Å². The molecule has 0 fully saturated rings. The Morgan fingerprint density at radius 1 is 1.29 bits per heavy atom. The Kier molecular flexibility index (Phi) is 3.91. The molecule has 1 aliphatic heterocycles. The lowest BCUT2D eigenvalue weighted by Gasteiger charge is -2.17. The average molecular weight is 367 g/mol. The Labute approximate surface area is 136 Å². The van der Waals surface area contributed by atoms with Crippen molar-refractivity contribution in [3.63, 3.8) is 0 Å². The number of halogens is 2. The first kappa shape index (κ1) is 14.4. The summed E-state index contributed by atoms with van der Waals surface area (Å²) in [6.07, 6.45) is 0.394. The Morgan fingerprint density at radius 2 is 2.05 bits per heavy atom. The molecule has 0 spiro atoms. The van der Waals surface area contributed by atoms with Crippen molar-refractivity contribution in [2.24, 2.45) is 0 Å². The van der Waals surface area contributed by atoms with E-state index in [4.69, 9.17) is 16.3 Å². The second kappa shape index (κ2) is 5.70. The second-order valence-electron chi connectivity index (χ2n) is 4.86. The summed E-state index contributed by atoms with van der Waals surface area (Å²) in [6, 6.07) is 11.6. The number of hydrogen-bond donors (Lipinski definition) is 1. The van der Waals surface area contributed by atoms with Crippen molar-refractivity contribution >= 4 is 39.1 Å². The van der Waals surface area contributed by atoms with Gasteiger partial charge in [0.2, 0.25) is 5.91 Å². The molecule has 2 aromatic rings. The van der Waals surface area contributed by atoms with Crippen molar-refractivity contribution in [3.8, 4) is 5.75 Å². The number of carbonyl (C=O) groups is 1. The van der Waals surface area contributed by atoms with E-state index in [2.05, 4.69) is 21.2 Å². The first-order valence-electron chi connectivity index (χ1n) is 6.49. The number of rotatable bonds is 3. The van der Waals surface area contributed by atoms with Crippen molar-refractivity contribution in [2.45, 2.75) is 11.2 Å². The largest absolute Gasteiger partial charge is 0.496 e. The lowest BCUT2D eigenvalue weighted by atomic mass is 10.0. The molecule has 3 nitrogen and oxygen atoms in total. The summed E-state index contributed by atoms with van der Waals surface area (Å²) in [5.74, 6) is 0.798. The number of fused-ring (bicyclic) bond motifs is 1. The highest BCUT2D eigenvalue weighted by atomic mass is 79.9. The number of ether oxygens (including phenoxy) is 1. The van der Waals surface area contributed by atoms with Crippen LogP contribution in [0.5, 0.6) is 5.75 Å². The monoisotopic (exact) mass is 365 g/mol. The van der Waals surface area contributed by atoms with Gasteiger partial charge in [0.05, 0.1) is 18.4 Å². The van der Waals surface area contributed by atoms with E-state index in [1.807, 2.05) is 30.3 Å². The van der Waals surface area contributed by atoms with Gasteiger partial charge in [0.25, 0.3) is 0 Å². The van der Waals surface area contributed by atoms with Gasteiger partial charge in [-0.2, -0.15) is 0 Å². The number of methoxy groups -OCH3 is 1. The predicted octanol–water partition coefficient (Wildman–Crippen LogP) is 4.33. The number of hydrogen-bond acceptors (Lipinski definition) is 2. The second-order valence-corrected chi connectivity index (χ2v) is 6.18. The Hall–Kier alpha value is -1.52. The number of para-hydroxylation sites is 1. The van der Waals surface area contributed by atoms with Crippen LogP contribution >= 0.6 is 27.5 Å². The quantitative estimate of drug-likeness (QED) is 0.821. The van der Waals surface area contributed by atoms with Crippen molar-refractivity contribution in [1.82, 2.24) is 0 Å². The van der Waals surface area contributed by atoms with Crippen LogP contribution in [0.4, 0.5) is 5.69 Å². The van der Waals surface area contributed by atoms with Gasteiger partial charge in [-0.05, 0) is 23.3 Å². The van der Waals surface area contributed by atoms with E-state index in [0.29, 0.717) is 11.4 Å². The Morgan fingerprint density at radius 3 is 2.81 bits per heavy atom. The molecule has 2 aromatic carbocycles. The van der Waals surface area contributed by atoms with Gasteiger partial charge in [-0.3, -0.25) is 4.79 Å². The average Bonchev–Trinajstić information content (AvgIpc) is 2.84. The van der Waals surface area contributed by atoms with Gasteiger partial charge in [-0.25, -0.2) is 0 Å². The first-order chi connectivity index (χ1) is 10.1. The van der Waals surface area contributed by atoms with Gasteiger partial charge >= 0.3 is 0 Å². The molecular weight excluding hydrogens is 354 g/mol. The molecule has 1 unspecified atom stereocenters. The normalized spacial score (nSPS) is 14.5. The fourth-order valence-electron chi connectivity index (χ4n) is 2.50. The molecule has 108 valence electrons. The molecule has 5 heteroatoms. The number of carbonyl (C=O) groups excluding carboxylic acids is 1. The highest BCUT2D eigenvalue weighted by Gasteiger charge is 2.23. The molecular formula is C16H13BrClNO2. The number of nitrogens with one attached hydrogen (secondary N) is 1. The van der Waals surface area contributed by atoms with E-state index in [1.54, 1.807) is 13.2 Å². The van der Waals surface area contributed by atoms with E-state index in [9.17, 15) is 4.79 Å². The summed E-state index contributed by atoms with van der Waals surface area (Å²) < 4.78 is 5.40. The Balaban J connectivity index is 2.04. The zero-order valence-corrected chi connectivity index (χ0v) is 13.7. The number of anilines is 1. The van der Waals surface area contributed by atoms with Gasteiger partial charge in [0, 0.05) is 16.3 Å². The van der Waals surface area contributed by atoms with Crippen LogP contribution in [-0.4, -0.2) is 13.0 Å². The first-order valence-corrected chi connectivity index (χ1v) is 7.78.